The van der Waals surface area contributed by atoms with Gasteiger partial charge in [0, 0.05) is 31.4 Å². The van der Waals surface area contributed by atoms with Crippen LogP contribution in [0.25, 0.3) is 11.4 Å². The third kappa shape index (κ3) is 7.12. The van der Waals surface area contributed by atoms with Crippen molar-refractivity contribution in [3.8, 4) is 22.9 Å². The van der Waals surface area contributed by atoms with Crippen molar-refractivity contribution in [1.82, 2.24) is 15.5 Å². The summed E-state index contributed by atoms with van der Waals surface area (Å²) in [5, 5.41) is 15.4. The van der Waals surface area contributed by atoms with Crippen LogP contribution in [0.3, 0.4) is 0 Å². The third-order valence-electron chi connectivity index (χ3n) is 4.60. The molecule has 9 heteroatoms. The molecule has 1 heterocycles. The van der Waals surface area contributed by atoms with E-state index in [0.717, 1.165) is 16.9 Å². The predicted octanol–water partition coefficient (Wildman–Crippen LogP) is 3.24. The molecule has 0 aliphatic carbocycles. The molecule has 0 aliphatic rings. The van der Waals surface area contributed by atoms with Crippen LogP contribution < -0.4 is 14.8 Å². The van der Waals surface area contributed by atoms with Gasteiger partial charge in [-0.1, -0.05) is 17.3 Å². The average Bonchev–Trinajstić information content (AvgIpc) is 3.29. The normalized spacial score (nSPS) is 10.5. The van der Waals surface area contributed by atoms with Crippen LogP contribution in [0.2, 0.25) is 0 Å². The van der Waals surface area contributed by atoms with E-state index in [1.54, 1.807) is 19.2 Å². The Morgan fingerprint density at radius 1 is 1.03 bits per heavy atom. The maximum absolute atomic E-state index is 12.1. The highest BCUT2D eigenvalue weighted by Gasteiger charge is 2.11. The van der Waals surface area contributed by atoms with E-state index >= 15 is 0 Å². The van der Waals surface area contributed by atoms with Gasteiger partial charge in [-0.3, -0.25) is 9.59 Å². The first-order valence-corrected chi connectivity index (χ1v) is 10.2. The van der Waals surface area contributed by atoms with E-state index in [1.165, 1.54) is 0 Å². The molecule has 3 rings (SSSR count). The van der Waals surface area contributed by atoms with Gasteiger partial charge in [0.05, 0.1) is 13.7 Å². The summed E-state index contributed by atoms with van der Waals surface area (Å²) < 4.78 is 15.9. The van der Waals surface area contributed by atoms with E-state index in [-0.39, 0.29) is 18.7 Å². The van der Waals surface area contributed by atoms with Crippen LogP contribution in [0.4, 0.5) is 0 Å². The van der Waals surface area contributed by atoms with E-state index in [9.17, 15) is 9.59 Å². The maximum atomic E-state index is 12.1. The summed E-state index contributed by atoms with van der Waals surface area (Å²) in [5.74, 6) is 1.31. The number of aliphatic carboxylic acids is 1. The number of carboxylic acids is 1. The van der Waals surface area contributed by atoms with Crippen LogP contribution in [-0.4, -0.2) is 40.8 Å². The molecule has 0 atom stereocenters. The molecular formula is C23H25N3O6. The molecule has 0 saturated carbocycles. The molecule has 0 bridgehead atoms. The zero-order chi connectivity index (χ0) is 22.8. The number of aromatic nitrogens is 2. The lowest BCUT2D eigenvalue weighted by Crippen LogP contribution is -2.23. The quantitative estimate of drug-likeness (QED) is 0.412. The van der Waals surface area contributed by atoms with E-state index in [1.807, 2.05) is 36.4 Å². The second-order valence-corrected chi connectivity index (χ2v) is 7.01. The molecule has 9 nitrogen and oxygen atoms in total. The first-order chi connectivity index (χ1) is 15.5. The summed E-state index contributed by atoms with van der Waals surface area (Å²) in [7, 11) is 1.60. The van der Waals surface area contributed by atoms with Gasteiger partial charge in [-0.15, -0.1) is 0 Å². The number of nitrogens with zero attached hydrogens (tertiary/aromatic N) is 2. The fourth-order valence-electron chi connectivity index (χ4n) is 2.84. The number of aryl methyl sites for hydroxylation is 1. The number of methoxy groups -OCH3 is 1. The van der Waals surface area contributed by atoms with E-state index in [2.05, 4.69) is 15.5 Å². The molecule has 0 radical (unpaired) electrons. The molecule has 0 unspecified atom stereocenters. The van der Waals surface area contributed by atoms with Crippen molar-refractivity contribution < 1.29 is 28.7 Å². The fourth-order valence-corrected chi connectivity index (χ4v) is 2.84. The molecule has 0 saturated heterocycles. The highest BCUT2D eigenvalue weighted by molar-refractivity contribution is 5.76. The second-order valence-electron chi connectivity index (χ2n) is 7.01. The van der Waals surface area contributed by atoms with Crippen molar-refractivity contribution in [1.29, 1.82) is 0 Å². The Morgan fingerprint density at radius 2 is 1.75 bits per heavy atom. The van der Waals surface area contributed by atoms with Crippen LogP contribution in [0, 0.1) is 0 Å². The molecule has 2 aromatic carbocycles. The smallest absolute Gasteiger partial charge is 0.303 e. The van der Waals surface area contributed by atoms with Crippen LogP contribution >= 0.6 is 0 Å². The largest absolute Gasteiger partial charge is 0.497 e. The fraction of sp³-hybridized carbons (Fsp3) is 0.304. The average molecular weight is 439 g/mol. The van der Waals surface area contributed by atoms with Gasteiger partial charge in [-0.2, -0.15) is 4.98 Å². The van der Waals surface area contributed by atoms with Crippen LogP contribution in [0.15, 0.2) is 53.1 Å². The summed E-state index contributed by atoms with van der Waals surface area (Å²) in [6.07, 6.45) is 1.11. The van der Waals surface area contributed by atoms with Crippen LogP contribution in [0.1, 0.15) is 30.7 Å². The third-order valence-corrected chi connectivity index (χ3v) is 4.60. The van der Waals surface area contributed by atoms with Gasteiger partial charge in [0.2, 0.25) is 17.6 Å². The summed E-state index contributed by atoms with van der Waals surface area (Å²) in [6, 6.07) is 14.6. The number of nitrogens with one attached hydrogen (secondary N) is 1. The number of rotatable bonds is 12. The van der Waals surface area contributed by atoms with Gasteiger partial charge in [0.1, 0.15) is 11.5 Å². The number of ether oxygens (including phenoxy) is 2. The molecule has 0 fully saturated rings. The highest BCUT2D eigenvalue weighted by atomic mass is 16.5. The maximum Gasteiger partial charge on any atom is 0.303 e. The summed E-state index contributed by atoms with van der Waals surface area (Å²) >= 11 is 0. The van der Waals surface area contributed by atoms with Crippen molar-refractivity contribution in [2.75, 3.05) is 13.7 Å². The first kappa shape index (κ1) is 22.8. The predicted molar refractivity (Wildman–Crippen MR) is 115 cm³/mol. The molecule has 2 N–H and O–H groups in total. The number of hydrogen-bond donors (Lipinski definition) is 2. The Bertz CT molecular complexity index is 1010. The Morgan fingerprint density at radius 3 is 2.44 bits per heavy atom. The minimum Gasteiger partial charge on any atom is -0.497 e. The number of carbonyl (C=O) groups is 2. The first-order valence-electron chi connectivity index (χ1n) is 10.2. The SMILES string of the molecule is COc1ccc(-c2noc(CCC(=O)NCc3ccc(OCCCC(=O)O)cc3)n2)cc1. The minimum atomic E-state index is -0.837. The molecule has 1 aromatic heterocycles. The molecule has 168 valence electrons. The molecule has 0 spiro atoms. The zero-order valence-electron chi connectivity index (χ0n) is 17.7. The van der Waals surface area contributed by atoms with Crippen molar-refractivity contribution in [2.45, 2.75) is 32.2 Å². The Labute approximate surface area is 185 Å². The number of carboxylic acid groups (broad SMARTS) is 1. The summed E-state index contributed by atoms with van der Waals surface area (Å²) in [5.41, 5.74) is 1.73. The van der Waals surface area contributed by atoms with Gasteiger partial charge in [0.15, 0.2) is 0 Å². The topological polar surface area (TPSA) is 124 Å². The van der Waals surface area contributed by atoms with E-state index in [4.69, 9.17) is 19.1 Å². The molecule has 32 heavy (non-hydrogen) atoms. The monoisotopic (exact) mass is 439 g/mol. The number of carbonyl (C=O) groups excluding carboxylic acids is 1. The lowest BCUT2D eigenvalue weighted by Gasteiger charge is -2.07. The number of benzene rings is 2. The van der Waals surface area contributed by atoms with Crippen molar-refractivity contribution in [3.63, 3.8) is 0 Å². The Hall–Kier alpha value is -3.88. The minimum absolute atomic E-state index is 0.0799. The molecular weight excluding hydrogens is 414 g/mol. The van der Waals surface area contributed by atoms with Crippen LogP contribution in [-0.2, 0) is 22.6 Å². The highest BCUT2D eigenvalue weighted by Crippen LogP contribution is 2.20. The lowest BCUT2D eigenvalue weighted by molar-refractivity contribution is -0.137. The summed E-state index contributed by atoms with van der Waals surface area (Å²) in [4.78, 5) is 27.0. The van der Waals surface area contributed by atoms with Gasteiger partial charge in [-0.05, 0) is 48.4 Å². The number of amides is 1. The Kier molecular flexibility index (Phi) is 8.19. The van der Waals surface area contributed by atoms with Gasteiger partial charge in [-0.25, -0.2) is 0 Å². The lowest BCUT2D eigenvalue weighted by atomic mass is 10.2. The number of hydrogen-bond acceptors (Lipinski definition) is 7. The van der Waals surface area contributed by atoms with Crippen LogP contribution in [0.5, 0.6) is 11.5 Å². The van der Waals surface area contributed by atoms with Gasteiger partial charge in [0.25, 0.3) is 0 Å². The molecule has 3 aromatic rings. The van der Waals surface area contributed by atoms with Crippen molar-refractivity contribution in [2.24, 2.45) is 0 Å². The van der Waals surface area contributed by atoms with Crippen molar-refractivity contribution >= 4 is 11.9 Å². The van der Waals surface area contributed by atoms with Crippen molar-refractivity contribution in [3.05, 3.63) is 60.0 Å². The second kappa shape index (κ2) is 11.5. The Balaban J connectivity index is 1.39. The molecule has 0 aliphatic heterocycles. The van der Waals surface area contributed by atoms with Gasteiger partial charge >= 0.3 is 5.97 Å². The molecule has 1 amide bonds. The van der Waals surface area contributed by atoms with Gasteiger partial charge < -0.3 is 24.4 Å². The zero-order valence-corrected chi connectivity index (χ0v) is 17.7. The van der Waals surface area contributed by atoms with E-state index in [0.29, 0.717) is 43.5 Å². The summed E-state index contributed by atoms with van der Waals surface area (Å²) in [6.45, 7) is 0.733. The van der Waals surface area contributed by atoms with E-state index < -0.39 is 5.97 Å². The standard InChI is InChI=1S/C23H25N3O6/c1-30-18-10-6-17(7-11-18)23-25-21(32-26-23)13-12-20(27)24-15-16-4-8-19(9-5-16)31-14-2-3-22(28)29/h4-11H,2-3,12-15H2,1H3,(H,24,27)(H,28,29).